The predicted octanol–water partition coefficient (Wildman–Crippen LogP) is 2.74. The lowest BCUT2D eigenvalue weighted by Gasteiger charge is -2.20. The molecule has 2 aromatic rings. The van der Waals surface area contributed by atoms with Gasteiger partial charge < -0.3 is 5.32 Å². The molecule has 21 heavy (non-hydrogen) atoms. The molecule has 0 radical (unpaired) electrons. The van der Waals surface area contributed by atoms with Crippen LogP contribution in [0, 0.1) is 0 Å². The van der Waals surface area contributed by atoms with Crippen molar-refractivity contribution in [3.63, 3.8) is 0 Å². The monoisotopic (exact) mass is 284 g/mol. The molecule has 0 amide bonds. The first kappa shape index (κ1) is 14.3. The number of benzene rings is 1. The van der Waals surface area contributed by atoms with Crippen molar-refractivity contribution < 1.29 is 0 Å². The molecule has 1 aliphatic rings. The van der Waals surface area contributed by atoms with Gasteiger partial charge >= 0.3 is 0 Å². The minimum atomic E-state index is 0.231. The summed E-state index contributed by atoms with van der Waals surface area (Å²) in [6.45, 7) is 5.18. The van der Waals surface area contributed by atoms with E-state index in [0.29, 0.717) is 6.04 Å². The quantitative estimate of drug-likeness (QED) is 0.850. The molecule has 112 valence electrons. The Morgan fingerprint density at radius 1 is 1.19 bits per heavy atom. The van der Waals surface area contributed by atoms with Gasteiger partial charge in [-0.2, -0.15) is 5.10 Å². The van der Waals surface area contributed by atoms with Gasteiger partial charge in [-0.3, -0.25) is 0 Å². The summed E-state index contributed by atoms with van der Waals surface area (Å²) in [4.78, 5) is 4.66. The van der Waals surface area contributed by atoms with Gasteiger partial charge in [0.15, 0.2) is 5.82 Å². The molecule has 1 saturated carbocycles. The third-order valence-corrected chi connectivity index (χ3v) is 4.03. The van der Waals surface area contributed by atoms with Crippen molar-refractivity contribution in [1.29, 1.82) is 0 Å². The summed E-state index contributed by atoms with van der Waals surface area (Å²) in [6.07, 6.45) is 4.41. The number of nitrogens with zero attached hydrogens (tertiary/aromatic N) is 3. The number of nitrogens with one attached hydrogen (secondary N) is 1. The summed E-state index contributed by atoms with van der Waals surface area (Å²) < 4.78 is 2.13. The topological polar surface area (TPSA) is 42.7 Å². The fourth-order valence-electron chi connectivity index (χ4n) is 2.63. The van der Waals surface area contributed by atoms with Gasteiger partial charge in [-0.15, -0.1) is 0 Å². The molecule has 1 aromatic carbocycles. The van der Waals surface area contributed by atoms with Crippen LogP contribution >= 0.6 is 0 Å². The van der Waals surface area contributed by atoms with E-state index in [4.69, 9.17) is 5.10 Å². The number of aromatic nitrogens is 3. The lowest BCUT2D eigenvalue weighted by atomic mass is 10.1. The van der Waals surface area contributed by atoms with Crippen LogP contribution in [-0.2, 0) is 12.8 Å². The highest BCUT2D eigenvalue weighted by Gasteiger charge is 2.25. The van der Waals surface area contributed by atoms with Crippen molar-refractivity contribution >= 4 is 0 Å². The summed E-state index contributed by atoms with van der Waals surface area (Å²) in [5.41, 5.74) is 1.30. The Morgan fingerprint density at radius 2 is 1.95 bits per heavy atom. The summed E-state index contributed by atoms with van der Waals surface area (Å²) >= 11 is 0. The smallest absolute Gasteiger partial charge is 0.150 e. The van der Waals surface area contributed by atoms with Crippen molar-refractivity contribution in [3.05, 3.63) is 47.5 Å². The SMILES string of the molecule is CCc1nc(CC)n(C(CNC2CC2)c2ccccc2)n1. The van der Waals surface area contributed by atoms with Crippen LogP contribution in [0.5, 0.6) is 0 Å². The Kier molecular flexibility index (Phi) is 4.34. The molecular weight excluding hydrogens is 260 g/mol. The Hall–Kier alpha value is -1.68. The first-order chi connectivity index (χ1) is 10.3. The Balaban J connectivity index is 1.91. The maximum atomic E-state index is 4.74. The molecule has 1 atom stereocenters. The Bertz CT molecular complexity index is 572. The van der Waals surface area contributed by atoms with Crippen LogP contribution in [0.3, 0.4) is 0 Å². The second kappa shape index (κ2) is 6.39. The lowest BCUT2D eigenvalue weighted by Crippen LogP contribution is -2.29. The summed E-state index contributed by atoms with van der Waals surface area (Å²) in [5, 5.41) is 8.38. The first-order valence-corrected chi connectivity index (χ1v) is 8.04. The molecule has 1 N–H and O–H groups in total. The molecule has 0 aliphatic heterocycles. The maximum absolute atomic E-state index is 4.74. The third-order valence-electron chi connectivity index (χ3n) is 4.03. The van der Waals surface area contributed by atoms with Crippen molar-refractivity contribution in [2.45, 2.75) is 51.6 Å². The van der Waals surface area contributed by atoms with Crippen molar-refractivity contribution in [2.24, 2.45) is 0 Å². The molecule has 1 aliphatic carbocycles. The van der Waals surface area contributed by atoms with Crippen LogP contribution in [0.1, 0.15) is 49.9 Å². The number of rotatable bonds is 7. The van der Waals surface area contributed by atoms with Gasteiger partial charge in [0.25, 0.3) is 0 Å². The van der Waals surface area contributed by atoms with Crippen LogP contribution in [0.2, 0.25) is 0 Å². The Morgan fingerprint density at radius 3 is 2.57 bits per heavy atom. The molecule has 4 heteroatoms. The van der Waals surface area contributed by atoms with Gasteiger partial charge in [-0.1, -0.05) is 44.2 Å². The van der Waals surface area contributed by atoms with Gasteiger partial charge in [0.2, 0.25) is 0 Å². The average molecular weight is 284 g/mol. The van der Waals surface area contributed by atoms with E-state index >= 15 is 0 Å². The second-order valence-corrected chi connectivity index (χ2v) is 5.70. The minimum Gasteiger partial charge on any atom is -0.312 e. The molecule has 1 fully saturated rings. The van der Waals surface area contributed by atoms with E-state index in [1.54, 1.807) is 0 Å². The average Bonchev–Trinajstić information content (AvgIpc) is 3.26. The first-order valence-electron chi connectivity index (χ1n) is 8.04. The summed E-state index contributed by atoms with van der Waals surface area (Å²) in [6, 6.07) is 11.6. The van der Waals surface area contributed by atoms with Crippen LogP contribution < -0.4 is 5.32 Å². The van der Waals surface area contributed by atoms with E-state index in [0.717, 1.165) is 31.0 Å². The Labute approximate surface area is 126 Å². The zero-order valence-electron chi connectivity index (χ0n) is 12.9. The largest absolute Gasteiger partial charge is 0.312 e. The number of aryl methyl sites for hydroxylation is 2. The molecule has 1 aromatic heterocycles. The van der Waals surface area contributed by atoms with E-state index in [1.165, 1.54) is 18.4 Å². The van der Waals surface area contributed by atoms with Crippen LogP contribution in [0.25, 0.3) is 0 Å². The highest BCUT2D eigenvalue weighted by Crippen LogP contribution is 2.23. The van der Waals surface area contributed by atoms with Crippen LogP contribution in [-0.4, -0.2) is 27.4 Å². The van der Waals surface area contributed by atoms with E-state index in [1.807, 2.05) is 0 Å². The highest BCUT2D eigenvalue weighted by atomic mass is 15.4. The van der Waals surface area contributed by atoms with E-state index < -0.39 is 0 Å². The van der Waals surface area contributed by atoms with Gasteiger partial charge in [-0.25, -0.2) is 9.67 Å². The number of hydrogen-bond acceptors (Lipinski definition) is 3. The summed E-state index contributed by atoms with van der Waals surface area (Å²) in [7, 11) is 0. The second-order valence-electron chi connectivity index (χ2n) is 5.70. The standard InChI is InChI=1S/C17H24N4/c1-3-16-19-17(4-2)21(20-16)15(12-18-14-10-11-14)13-8-6-5-7-9-13/h5-9,14-15,18H,3-4,10-12H2,1-2H3. The zero-order valence-corrected chi connectivity index (χ0v) is 12.9. The maximum Gasteiger partial charge on any atom is 0.150 e. The van der Waals surface area contributed by atoms with Gasteiger partial charge in [0.1, 0.15) is 5.82 Å². The predicted molar refractivity (Wildman–Crippen MR) is 84.4 cm³/mol. The highest BCUT2D eigenvalue weighted by molar-refractivity contribution is 5.21. The van der Waals surface area contributed by atoms with Gasteiger partial charge in [0.05, 0.1) is 6.04 Å². The van der Waals surface area contributed by atoms with Crippen LogP contribution in [0.4, 0.5) is 0 Å². The fraction of sp³-hybridized carbons (Fsp3) is 0.529. The fourth-order valence-corrected chi connectivity index (χ4v) is 2.63. The van der Waals surface area contributed by atoms with E-state index in [-0.39, 0.29) is 6.04 Å². The molecule has 0 saturated heterocycles. The number of hydrogen-bond donors (Lipinski definition) is 1. The van der Waals surface area contributed by atoms with Crippen molar-refractivity contribution in [2.75, 3.05) is 6.54 Å². The molecule has 4 nitrogen and oxygen atoms in total. The molecular formula is C17H24N4. The van der Waals surface area contributed by atoms with Crippen LogP contribution in [0.15, 0.2) is 30.3 Å². The molecule has 1 unspecified atom stereocenters. The molecule has 0 bridgehead atoms. The lowest BCUT2D eigenvalue weighted by molar-refractivity contribution is 0.461. The van der Waals surface area contributed by atoms with Crippen molar-refractivity contribution in [3.8, 4) is 0 Å². The van der Waals surface area contributed by atoms with E-state index in [9.17, 15) is 0 Å². The zero-order chi connectivity index (χ0) is 14.7. The normalized spacial score (nSPS) is 16.1. The van der Waals surface area contributed by atoms with E-state index in [2.05, 4.69) is 59.2 Å². The van der Waals surface area contributed by atoms with Gasteiger partial charge in [-0.05, 0) is 18.4 Å². The summed E-state index contributed by atoms with van der Waals surface area (Å²) in [5.74, 6) is 2.03. The molecule has 0 spiro atoms. The molecule has 3 rings (SSSR count). The minimum absolute atomic E-state index is 0.231. The van der Waals surface area contributed by atoms with Crippen molar-refractivity contribution in [1.82, 2.24) is 20.1 Å². The third kappa shape index (κ3) is 3.32. The molecule has 1 heterocycles. The van der Waals surface area contributed by atoms with Gasteiger partial charge in [0, 0.05) is 25.4 Å².